The van der Waals surface area contributed by atoms with Crippen molar-refractivity contribution in [2.24, 2.45) is 0 Å². The molecule has 0 aliphatic heterocycles. The van der Waals surface area contributed by atoms with Crippen LogP contribution in [0.2, 0.25) is 0 Å². The number of benzene rings is 1. The summed E-state index contributed by atoms with van der Waals surface area (Å²) in [6.45, 7) is 2.23. The van der Waals surface area contributed by atoms with Gasteiger partial charge in [0.15, 0.2) is 0 Å². The minimum Gasteiger partial charge on any atom is -0.496 e. The lowest BCUT2D eigenvalue weighted by atomic mass is 10.1. The molecule has 1 aromatic carbocycles. The standard InChI is InChI=1S/C12H17IO/c1-3-4-5-6-10-7-8-11(13)9-12(10)14-2/h7-9H,3-6H2,1-2H3. The van der Waals surface area contributed by atoms with E-state index in [4.69, 9.17) is 4.74 Å². The smallest absolute Gasteiger partial charge is 0.123 e. The van der Waals surface area contributed by atoms with Gasteiger partial charge in [0.1, 0.15) is 5.75 Å². The van der Waals surface area contributed by atoms with Crippen LogP contribution in [0.25, 0.3) is 0 Å². The molecule has 0 spiro atoms. The third-order valence-electron chi connectivity index (χ3n) is 2.30. The molecule has 0 amide bonds. The maximum Gasteiger partial charge on any atom is 0.123 e. The fourth-order valence-corrected chi connectivity index (χ4v) is 1.95. The molecule has 0 heterocycles. The summed E-state index contributed by atoms with van der Waals surface area (Å²) in [5.41, 5.74) is 1.33. The quantitative estimate of drug-likeness (QED) is 0.589. The lowest BCUT2D eigenvalue weighted by Crippen LogP contribution is -1.93. The molecule has 0 aromatic heterocycles. The molecule has 0 saturated heterocycles. The molecule has 78 valence electrons. The molecule has 1 nitrogen and oxygen atoms in total. The molecule has 0 radical (unpaired) electrons. The second kappa shape index (κ2) is 6.27. The van der Waals surface area contributed by atoms with Gasteiger partial charge in [-0.3, -0.25) is 0 Å². The van der Waals surface area contributed by atoms with Crippen molar-refractivity contribution in [2.75, 3.05) is 7.11 Å². The summed E-state index contributed by atoms with van der Waals surface area (Å²) in [6, 6.07) is 6.42. The number of halogens is 1. The molecule has 0 unspecified atom stereocenters. The summed E-state index contributed by atoms with van der Waals surface area (Å²) in [5, 5.41) is 0. The molecule has 0 aliphatic rings. The molecule has 1 rings (SSSR count). The van der Waals surface area contributed by atoms with E-state index in [-0.39, 0.29) is 0 Å². The van der Waals surface area contributed by atoms with Gasteiger partial charge in [0.05, 0.1) is 7.11 Å². The average Bonchev–Trinajstić information content (AvgIpc) is 2.20. The summed E-state index contributed by atoms with van der Waals surface area (Å²) in [4.78, 5) is 0. The van der Waals surface area contributed by atoms with Crippen LogP contribution in [0, 0.1) is 3.57 Å². The highest BCUT2D eigenvalue weighted by molar-refractivity contribution is 14.1. The van der Waals surface area contributed by atoms with Crippen molar-refractivity contribution in [3.63, 3.8) is 0 Å². The van der Waals surface area contributed by atoms with Gasteiger partial charge in [-0.1, -0.05) is 25.8 Å². The van der Waals surface area contributed by atoms with E-state index in [0.29, 0.717) is 0 Å². The first-order valence-electron chi connectivity index (χ1n) is 5.10. The van der Waals surface area contributed by atoms with E-state index < -0.39 is 0 Å². The highest BCUT2D eigenvalue weighted by Crippen LogP contribution is 2.23. The maximum absolute atomic E-state index is 5.35. The molecule has 0 saturated carbocycles. The summed E-state index contributed by atoms with van der Waals surface area (Å²) in [7, 11) is 1.74. The van der Waals surface area contributed by atoms with Gasteiger partial charge in [-0.05, 0) is 53.1 Å². The Morgan fingerprint density at radius 2 is 2.07 bits per heavy atom. The SMILES string of the molecule is CCCCCc1ccc(I)cc1OC. The summed E-state index contributed by atoms with van der Waals surface area (Å²) < 4.78 is 6.59. The average molecular weight is 304 g/mol. The van der Waals surface area contributed by atoms with Crippen LogP contribution in [0.3, 0.4) is 0 Å². The number of hydrogen-bond acceptors (Lipinski definition) is 1. The van der Waals surface area contributed by atoms with Crippen LogP contribution < -0.4 is 4.74 Å². The van der Waals surface area contributed by atoms with Gasteiger partial charge in [0, 0.05) is 3.57 Å². The maximum atomic E-state index is 5.35. The topological polar surface area (TPSA) is 9.23 Å². The van der Waals surface area contributed by atoms with Crippen molar-refractivity contribution in [3.8, 4) is 5.75 Å². The Morgan fingerprint density at radius 1 is 1.29 bits per heavy atom. The second-order valence-corrected chi connectivity index (χ2v) is 4.66. The zero-order chi connectivity index (χ0) is 10.4. The van der Waals surface area contributed by atoms with Gasteiger partial charge in [0.25, 0.3) is 0 Å². The van der Waals surface area contributed by atoms with E-state index in [1.165, 1.54) is 28.4 Å². The molecule has 0 N–H and O–H groups in total. The lowest BCUT2D eigenvalue weighted by molar-refractivity contribution is 0.408. The van der Waals surface area contributed by atoms with Crippen molar-refractivity contribution in [2.45, 2.75) is 32.6 Å². The van der Waals surface area contributed by atoms with Crippen LogP contribution in [0.15, 0.2) is 18.2 Å². The third-order valence-corrected chi connectivity index (χ3v) is 2.97. The predicted octanol–water partition coefficient (Wildman–Crippen LogP) is 4.03. The number of rotatable bonds is 5. The van der Waals surface area contributed by atoms with Crippen molar-refractivity contribution in [1.82, 2.24) is 0 Å². The zero-order valence-electron chi connectivity index (χ0n) is 8.85. The van der Waals surface area contributed by atoms with Crippen LogP contribution in [-0.2, 0) is 6.42 Å². The normalized spacial score (nSPS) is 10.2. The van der Waals surface area contributed by atoms with Crippen LogP contribution in [-0.4, -0.2) is 7.11 Å². The Morgan fingerprint density at radius 3 is 2.71 bits per heavy atom. The molecule has 2 heteroatoms. The third kappa shape index (κ3) is 3.48. The van der Waals surface area contributed by atoms with Gasteiger partial charge >= 0.3 is 0 Å². The molecule has 0 atom stereocenters. The fraction of sp³-hybridized carbons (Fsp3) is 0.500. The number of ether oxygens (including phenoxy) is 1. The Hall–Kier alpha value is -0.250. The van der Waals surface area contributed by atoms with Crippen molar-refractivity contribution in [1.29, 1.82) is 0 Å². The molecular formula is C12H17IO. The second-order valence-electron chi connectivity index (χ2n) is 3.41. The monoisotopic (exact) mass is 304 g/mol. The molecule has 1 aromatic rings. The molecule has 0 aliphatic carbocycles. The highest BCUT2D eigenvalue weighted by atomic mass is 127. The molecular weight excluding hydrogens is 287 g/mol. The highest BCUT2D eigenvalue weighted by Gasteiger charge is 2.02. The van der Waals surface area contributed by atoms with E-state index in [0.717, 1.165) is 12.2 Å². The first-order chi connectivity index (χ1) is 6.77. The first-order valence-corrected chi connectivity index (χ1v) is 6.18. The Kier molecular flexibility index (Phi) is 5.30. The van der Waals surface area contributed by atoms with Gasteiger partial charge in [-0.25, -0.2) is 0 Å². The number of methoxy groups -OCH3 is 1. The summed E-state index contributed by atoms with van der Waals surface area (Å²) in [5.74, 6) is 1.04. The van der Waals surface area contributed by atoms with Crippen molar-refractivity contribution in [3.05, 3.63) is 27.3 Å². The Labute approximate surface area is 100.0 Å². The van der Waals surface area contributed by atoms with Crippen molar-refractivity contribution < 1.29 is 4.74 Å². The zero-order valence-corrected chi connectivity index (χ0v) is 11.0. The number of hydrogen-bond donors (Lipinski definition) is 0. The summed E-state index contributed by atoms with van der Waals surface area (Å²) in [6.07, 6.45) is 4.96. The first kappa shape index (κ1) is 11.8. The minimum absolute atomic E-state index is 1.04. The largest absolute Gasteiger partial charge is 0.496 e. The Balaban J connectivity index is 2.65. The summed E-state index contributed by atoms with van der Waals surface area (Å²) >= 11 is 2.31. The van der Waals surface area contributed by atoms with E-state index in [1.807, 2.05) is 0 Å². The van der Waals surface area contributed by atoms with Crippen LogP contribution in [0.5, 0.6) is 5.75 Å². The predicted molar refractivity (Wildman–Crippen MR) is 68.9 cm³/mol. The van der Waals surface area contributed by atoms with E-state index in [2.05, 4.69) is 47.7 Å². The van der Waals surface area contributed by atoms with E-state index in [9.17, 15) is 0 Å². The van der Waals surface area contributed by atoms with Gasteiger partial charge in [-0.15, -0.1) is 0 Å². The van der Waals surface area contributed by atoms with Crippen LogP contribution in [0.4, 0.5) is 0 Å². The minimum atomic E-state index is 1.04. The lowest BCUT2D eigenvalue weighted by Gasteiger charge is -2.08. The molecule has 14 heavy (non-hydrogen) atoms. The van der Waals surface area contributed by atoms with Crippen molar-refractivity contribution >= 4 is 22.6 Å². The Bertz CT molecular complexity index is 284. The van der Waals surface area contributed by atoms with Crippen LogP contribution >= 0.6 is 22.6 Å². The van der Waals surface area contributed by atoms with E-state index >= 15 is 0 Å². The van der Waals surface area contributed by atoms with E-state index in [1.54, 1.807) is 7.11 Å². The van der Waals surface area contributed by atoms with Gasteiger partial charge < -0.3 is 4.74 Å². The van der Waals surface area contributed by atoms with Gasteiger partial charge in [-0.2, -0.15) is 0 Å². The number of unbranched alkanes of at least 4 members (excludes halogenated alkanes) is 2. The van der Waals surface area contributed by atoms with Gasteiger partial charge in [0.2, 0.25) is 0 Å². The number of aryl methyl sites for hydroxylation is 1. The molecule has 0 bridgehead atoms. The van der Waals surface area contributed by atoms with Crippen LogP contribution in [0.1, 0.15) is 31.7 Å². The molecule has 0 fully saturated rings. The fourth-order valence-electron chi connectivity index (χ4n) is 1.49.